The largest absolute Gasteiger partial charge is 0.481 e. The zero-order valence-electron chi connectivity index (χ0n) is 16.0. The molecule has 0 rings (SSSR count). The molecular weight excluding hydrogens is 298 g/mol. The maximum absolute atomic E-state index is 10.4. The molecule has 0 aromatic rings. The van der Waals surface area contributed by atoms with E-state index in [4.69, 9.17) is 27.1 Å². The van der Waals surface area contributed by atoms with Crippen molar-refractivity contribution in [1.29, 1.82) is 0 Å². The molecule has 7 nitrogen and oxygen atoms in total. The van der Waals surface area contributed by atoms with Gasteiger partial charge in [-0.3, -0.25) is 14.4 Å². The second kappa shape index (κ2) is 32.6. The molecule has 7 heteroatoms. The highest BCUT2D eigenvalue weighted by molar-refractivity contribution is 5.81. The summed E-state index contributed by atoms with van der Waals surface area (Å²) < 4.78 is 0. The number of aliphatic carboxylic acids is 1. The Hall–Kier alpha value is -1.31. The molecule has 7 N–H and O–H groups in total. The van der Waals surface area contributed by atoms with E-state index in [9.17, 15) is 9.59 Å². The normalized spacial score (nSPS) is 7.78. The zero-order chi connectivity index (χ0) is 19.8. The number of carbonyl (C=O) groups is 3. The van der Waals surface area contributed by atoms with E-state index in [2.05, 4.69) is 6.92 Å². The van der Waals surface area contributed by atoms with Gasteiger partial charge in [0.1, 0.15) is 11.6 Å². The Morgan fingerprint density at radius 1 is 0.957 bits per heavy atom. The summed E-state index contributed by atoms with van der Waals surface area (Å²) in [5.74, 6) is -0.574. The van der Waals surface area contributed by atoms with E-state index >= 15 is 0 Å². The molecule has 0 unspecified atom stereocenters. The number of nitrogens with two attached hydrogens (primary N) is 3. The smallest absolute Gasteiger partial charge is 0.300 e. The lowest BCUT2D eigenvalue weighted by Crippen LogP contribution is -2.18. The molecule has 0 aromatic heterocycles. The van der Waals surface area contributed by atoms with Crippen LogP contribution >= 0.6 is 0 Å². The van der Waals surface area contributed by atoms with Gasteiger partial charge in [-0.05, 0) is 19.9 Å². The average molecular weight is 338 g/mol. The van der Waals surface area contributed by atoms with Crippen molar-refractivity contribution in [2.75, 3.05) is 19.6 Å². The molecule has 142 valence electrons. The minimum atomic E-state index is -0.833. The van der Waals surface area contributed by atoms with Gasteiger partial charge in [0.25, 0.3) is 5.97 Å². The Balaban J connectivity index is -0.0000000615. The molecule has 0 aliphatic heterocycles. The fraction of sp³-hybridized carbons (Fsp3) is 0.812. The summed E-state index contributed by atoms with van der Waals surface area (Å²) in [6, 6.07) is 0. The maximum atomic E-state index is 10.4. The molecule has 23 heavy (non-hydrogen) atoms. The van der Waals surface area contributed by atoms with E-state index < -0.39 is 5.97 Å². The van der Waals surface area contributed by atoms with Gasteiger partial charge in [-0.2, -0.15) is 0 Å². The third-order valence-corrected chi connectivity index (χ3v) is 1.69. The Labute approximate surface area is 142 Å². The highest BCUT2D eigenvalue weighted by Gasteiger charge is 2.01. The van der Waals surface area contributed by atoms with Gasteiger partial charge in [-0.15, -0.1) is 0 Å². The van der Waals surface area contributed by atoms with E-state index in [-0.39, 0.29) is 30.6 Å². The number of rotatable bonds is 5. The van der Waals surface area contributed by atoms with Crippen LogP contribution in [0.2, 0.25) is 0 Å². The summed E-state index contributed by atoms with van der Waals surface area (Å²) in [5.41, 5.74) is 15.0. The lowest BCUT2D eigenvalue weighted by atomic mass is 10.1. The van der Waals surface area contributed by atoms with Crippen LogP contribution in [0.4, 0.5) is 0 Å². The van der Waals surface area contributed by atoms with Crippen molar-refractivity contribution >= 4 is 17.5 Å². The first-order chi connectivity index (χ1) is 10.6. The van der Waals surface area contributed by atoms with Gasteiger partial charge in [-0.25, -0.2) is 0 Å². The topological polar surface area (TPSA) is 150 Å². The van der Waals surface area contributed by atoms with Gasteiger partial charge in [0.05, 0.1) is 13.1 Å². The van der Waals surface area contributed by atoms with Gasteiger partial charge >= 0.3 is 0 Å². The van der Waals surface area contributed by atoms with E-state index in [0.717, 1.165) is 13.5 Å². The molecule has 0 amide bonds. The molecule has 0 radical (unpaired) electrons. The van der Waals surface area contributed by atoms with Crippen molar-refractivity contribution < 1.29 is 19.5 Å². The lowest BCUT2D eigenvalue weighted by Gasteiger charge is -1.96. The van der Waals surface area contributed by atoms with E-state index in [1.165, 1.54) is 19.8 Å². The first-order valence-corrected chi connectivity index (χ1v) is 7.92. The molecule has 0 fully saturated rings. The van der Waals surface area contributed by atoms with Crippen molar-refractivity contribution in [3.8, 4) is 0 Å². The number of carboxylic acids is 1. The number of ketones is 2. The summed E-state index contributed by atoms with van der Waals surface area (Å²) in [6.07, 6.45) is 2.39. The second-order valence-electron chi connectivity index (χ2n) is 4.39. The molecule has 0 aliphatic rings. The van der Waals surface area contributed by atoms with Crippen molar-refractivity contribution in [3.05, 3.63) is 0 Å². The standard InChI is InChI=1S/C5H11NO.C4H11N.C3H7NO.C2H4O2.C2H6/c1-4(2)5(7)3-6;1-2-3-4-5;1-3(5)2-4;1-2(3)4;1-2/h4H,3,6H2,1-2H3;2-5H2,1H3;2,4H2,1H3;1H3,(H,3,4);1-2H3. The van der Waals surface area contributed by atoms with Gasteiger partial charge in [0.2, 0.25) is 0 Å². The zero-order valence-corrected chi connectivity index (χ0v) is 16.0. The van der Waals surface area contributed by atoms with E-state index in [1.54, 1.807) is 0 Å². The second-order valence-corrected chi connectivity index (χ2v) is 4.39. The van der Waals surface area contributed by atoms with Crippen LogP contribution in [0.15, 0.2) is 0 Å². The van der Waals surface area contributed by atoms with Crippen LogP contribution in [-0.4, -0.2) is 42.3 Å². The van der Waals surface area contributed by atoms with Crippen LogP contribution in [-0.2, 0) is 14.4 Å². The number of hydrogen-bond donors (Lipinski definition) is 4. The molecule has 0 atom stereocenters. The van der Waals surface area contributed by atoms with E-state index in [0.29, 0.717) is 0 Å². The van der Waals surface area contributed by atoms with Gasteiger partial charge in [-0.1, -0.05) is 41.0 Å². The molecule has 0 saturated heterocycles. The van der Waals surface area contributed by atoms with Crippen LogP contribution in [0, 0.1) is 5.92 Å². The highest BCUT2D eigenvalue weighted by atomic mass is 16.4. The van der Waals surface area contributed by atoms with Crippen molar-refractivity contribution in [2.24, 2.45) is 23.1 Å². The molecular formula is C16H39N3O4. The Bertz CT molecular complexity index is 252. The van der Waals surface area contributed by atoms with Crippen LogP contribution in [0.3, 0.4) is 0 Å². The number of hydrogen-bond acceptors (Lipinski definition) is 6. The van der Waals surface area contributed by atoms with Crippen LogP contribution < -0.4 is 17.2 Å². The molecule has 0 aliphatic carbocycles. The van der Waals surface area contributed by atoms with Gasteiger partial charge < -0.3 is 22.3 Å². The number of unbranched alkanes of at least 4 members (excludes halogenated alkanes) is 1. The van der Waals surface area contributed by atoms with Crippen molar-refractivity contribution in [3.63, 3.8) is 0 Å². The van der Waals surface area contributed by atoms with Crippen molar-refractivity contribution in [2.45, 2.75) is 61.3 Å². The first-order valence-electron chi connectivity index (χ1n) is 7.92. The van der Waals surface area contributed by atoms with Gasteiger partial charge in [0.15, 0.2) is 0 Å². The Morgan fingerprint density at radius 3 is 1.26 bits per heavy atom. The monoisotopic (exact) mass is 337 g/mol. The third-order valence-electron chi connectivity index (χ3n) is 1.69. The van der Waals surface area contributed by atoms with Crippen LogP contribution in [0.25, 0.3) is 0 Å². The average Bonchev–Trinajstić information content (AvgIpc) is 2.49. The molecule has 0 spiro atoms. The fourth-order valence-corrected chi connectivity index (χ4v) is 0.440. The van der Waals surface area contributed by atoms with Crippen LogP contribution in [0.1, 0.15) is 61.3 Å². The molecule has 0 heterocycles. The highest BCUT2D eigenvalue weighted by Crippen LogP contribution is 1.89. The Morgan fingerprint density at radius 2 is 1.26 bits per heavy atom. The molecule has 0 aromatic carbocycles. The summed E-state index contributed by atoms with van der Waals surface area (Å²) in [6.45, 7) is 13.5. The lowest BCUT2D eigenvalue weighted by molar-refractivity contribution is -0.134. The summed E-state index contributed by atoms with van der Waals surface area (Å²) in [5, 5.41) is 7.42. The predicted octanol–water partition coefficient (Wildman–Crippen LogP) is 1.57. The van der Waals surface area contributed by atoms with E-state index in [1.807, 2.05) is 27.7 Å². The fourth-order valence-electron chi connectivity index (χ4n) is 0.440. The molecule has 0 saturated carbocycles. The van der Waals surface area contributed by atoms with Crippen LogP contribution in [0.5, 0.6) is 0 Å². The summed E-state index contributed by atoms with van der Waals surface area (Å²) >= 11 is 0. The number of carboxylic acid groups (broad SMARTS) is 1. The maximum Gasteiger partial charge on any atom is 0.300 e. The SMILES string of the molecule is CC.CC(=O)CN.CC(=O)O.CC(C)C(=O)CN.CCCCN. The minimum absolute atomic E-state index is 0.0324. The van der Waals surface area contributed by atoms with Crippen molar-refractivity contribution in [1.82, 2.24) is 0 Å². The number of Topliss-reactive ketones (excluding diaryl/α,β-unsaturated/α-hetero) is 2. The third kappa shape index (κ3) is 95.7. The predicted molar refractivity (Wildman–Crippen MR) is 97.3 cm³/mol. The summed E-state index contributed by atoms with van der Waals surface area (Å²) in [7, 11) is 0. The van der Waals surface area contributed by atoms with Gasteiger partial charge in [0, 0.05) is 12.8 Å². The Kier molecular flexibility index (Phi) is 47.2. The summed E-state index contributed by atoms with van der Waals surface area (Å²) in [4.78, 5) is 29.1. The first kappa shape index (κ1) is 33.3. The minimum Gasteiger partial charge on any atom is -0.481 e. The number of carbonyl (C=O) groups excluding carboxylic acids is 2. The molecule has 0 bridgehead atoms. The quantitative estimate of drug-likeness (QED) is 0.594.